The SMILES string of the molecule is CC(Cc1ccccc1)NCC(O)CN1CCc2c([nH]c3ccccc23)C1C. The molecule has 0 radical (unpaired) electrons. The molecule has 0 fully saturated rings. The van der Waals surface area contributed by atoms with Gasteiger partial charge in [0.05, 0.1) is 6.10 Å². The van der Waals surface area contributed by atoms with Gasteiger partial charge in [0.25, 0.3) is 0 Å². The van der Waals surface area contributed by atoms with Crippen molar-refractivity contribution >= 4 is 10.9 Å². The van der Waals surface area contributed by atoms with Crippen molar-refractivity contribution in [2.45, 2.75) is 44.9 Å². The minimum atomic E-state index is -0.369. The van der Waals surface area contributed by atoms with Crippen molar-refractivity contribution in [3.8, 4) is 0 Å². The van der Waals surface area contributed by atoms with Gasteiger partial charge in [-0.1, -0.05) is 48.5 Å². The van der Waals surface area contributed by atoms with E-state index in [9.17, 15) is 5.11 Å². The van der Waals surface area contributed by atoms with E-state index in [1.807, 2.05) is 6.07 Å². The average molecular weight is 378 g/mol. The number of fused-ring (bicyclic) bond motifs is 3. The van der Waals surface area contributed by atoms with Gasteiger partial charge < -0.3 is 15.4 Å². The van der Waals surface area contributed by atoms with Crippen molar-refractivity contribution in [2.75, 3.05) is 19.6 Å². The van der Waals surface area contributed by atoms with Gasteiger partial charge in [-0.3, -0.25) is 4.90 Å². The first kappa shape index (κ1) is 19.2. The molecular formula is C24H31N3O. The lowest BCUT2D eigenvalue weighted by atomic mass is 9.98. The Labute approximate surface area is 167 Å². The van der Waals surface area contributed by atoms with Crippen LogP contribution in [0.25, 0.3) is 10.9 Å². The molecule has 1 aliphatic heterocycles. The second-order valence-electron chi connectivity index (χ2n) is 8.14. The van der Waals surface area contributed by atoms with Gasteiger partial charge in [-0.25, -0.2) is 0 Å². The Morgan fingerprint density at radius 1 is 1.14 bits per heavy atom. The first-order chi connectivity index (χ1) is 13.6. The van der Waals surface area contributed by atoms with E-state index < -0.39 is 0 Å². The van der Waals surface area contributed by atoms with Crippen LogP contribution in [-0.4, -0.2) is 46.8 Å². The van der Waals surface area contributed by atoms with Crippen LogP contribution in [0.5, 0.6) is 0 Å². The molecule has 1 aromatic heterocycles. The fourth-order valence-corrected chi connectivity index (χ4v) is 4.44. The standard InChI is InChI=1S/C24H31N3O/c1-17(14-19-8-4-3-5-9-19)25-15-20(28)16-27-13-12-22-21-10-6-7-11-23(21)26-24(22)18(27)2/h3-11,17-18,20,25-26,28H,12-16H2,1-2H3. The highest BCUT2D eigenvalue weighted by Crippen LogP contribution is 2.34. The van der Waals surface area contributed by atoms with E-state index in [1.165, 1.54) is 27.7 Å². The molecule has 28 heavy (non-hydrogen) atoms. The maximum atomic E-state index is 10.6. The van der Waals surface area contributed by atoms with Crippen LogP contribution < -0.4 is 5.32 Å². The lowest BCUT2D eigenvalue weighted by Gasteiger charge is -2.35. The molecule has 1 aliphatic rings. The van der Waals surface area contributed by atoms with E-state index in [4.69, 9.17) is 0 Å². The monoisotopic (exact) mass is 377 g/mol. The van der Waals surface area contributed by atoms with E-state index in [1.54, 1.807) is 0 Å². The molecular weight excluding hydrogens is 346 g/mol. The number of β-amino-alcohol motifs (C(OH)–C–C–N with tert-alkyl or cyclic N) is 1. The van der Waals surface area contributed by atoms with E-state index in [0.717, 1.165) is 19.4 Å². The smallest absolute Gasteiger partial charge is 0.0791 e. The first-order valence-electron chi connectivity index (χ1n) is 10.4. The van der Waals surface area contributed by atoms with E-state index in [2.05, 4.69) is 77.6 Å². The van der Waals surface area contributed by atoms with Crippen molar-refractivity contribution in [1.82, 2.24) is 15.2 Å². The van der Waals surface area contributed by atoms with E-state index in [-0.39, 0.29) is 6.10 Å². The number of nitrogens with zero attached hydrogens (tertiary/aromatic N) is 1. The zero-order valence-electron chi connectivity index (χ0n) is 16.9. The summed E-state index contributed by atoms with van der Waals surface area (Å²) in [4.78, 5) is 6.00. The Morgan fingerprint density at radius 3 is 2.71 bits per heavy atom. The maximum Gasteiger partial charge on any atom is 0.0791 e. The number of para-hydroxylation sites is 1. The molecule has 3 N–H and O–H groups in total. The molecule has 4 rings (SSSR count). The molecule has 4 heteroatoms. The summed E-state index contributed by atoms with van der Waals surface area (Å²) in [5.41, 5.74) is 5.31. The Hall–Kier alpha value is -2.14. The third-order valence-corrected chi connectivity index (χ3v) is 5.99. The normalized spacial score (nSPS) is 19.5. The van der Waals surface area contributed by atoms with Crippen LogP contribution in [0, 0.1) is 0 Å². The van der Waals surface area contributed by atoms with Crippen molar-refractivity contribution < 1.29 is 5.11 Å². The Morgan fingerprint density at radius 2 is 1.89 bits per heavy atom. The number of hydrogen-bond donors (Lipinski definition) is 3. The second-order valence-corrected chi connectivity index (χ2v) is 8.14. The summed E-state index contributed by atoms with van der Waals surface area (Å²) in [5.74, 6) is 0. The molecule has 0 saturated heterocycles. The third-order valence-electron chi connectivity index (χ3n) is 5.99. The minimum absolute atomic E-state index is 0.299. The van der Waals surface area contributed by atoms with Crippen LogP contribution in [-0.2, 0) is 12.8 Å². The molecule has 3 aromatic rings. The highest BCUT2D eigenvalue weighted by Gasteiger charge is 2.28. The summed E-state index contributed by atoms with van der Waals surface area (Å²) < 4.78 is 0. The molecule has 0 saturated carbocycles. The number of aliphatic hydroxyl groups is 1. The zero-order chi connectivity index (χ0) is 19.5. The molecule has 0 aliphatic carbocycles. The molecule has 2 aromatic carbocycles. The Balaban J connectivity index is 1.31. The number of aromatic nitrogens is 1. The number of rotatable bonds is 7. The fraction of sp³-hybridized carbons (Fsp3) is 0.417. The second kappa shape index (κ2) is 8.48. The van der Waals surface area contributed by atoms with Gasteiger partial charge in [0.15, 0.2) is 0 Å². The predicted molar refractivity (Wildman–Crippen MR) is 116 cm³/mol. The molecule has 148 valence electrons. The fourth-order valence-electron chi connectivity index (χ4n) is 4.44. The molecule has 3 unspecified atom stereocenters. The third kappa shape index (κ3) is 4.14. The molecule has 0 bridgehead atoms. The summed E-state index contributed by atoms with van der Waals surface area (Å²) in [6.45, 7) is 6.73. The van der Waals surface area contributed by atoms with Crippen molar-refractivity contribution in [2.24, 2.45) is 0 Å². The van der Waals surface area contributed by atoms with Crippen molar-refractivity contribution in [3.05, 3.63) is 71.4 Å². The van der Waals surface area contributed by atoms with E-state index in [0.29, 0.717) is 25.2 Å². The number of benzene rings is 2. The number of nitrogens with one attached hydrogen (secondary N) is 2. The minimum Gasteiger partial charge on any atom is -0.390 e. The highest BCUT2D eigenvalue weighted by atomic mass is 16.3. The van der Waals surface area contributed by atoms with Crippen LogP contribution in [0.1, 0.15) is 36.7 Å². The van der Waals surface area contributed by atoms with Crippen LogP contribution in [0.3, 0.4) is 0 Å². The zero-order valence-corrected chi connectivity index (χ0v) is 16.9. The number of aromatic amines is 1. The lowest BCUT2D eigenvalue weighted by molar-refractivity contribution is 0.0834. The molecule has 0 spiro atoms. The summed E-state index contributed by atoms with van der Waals surface area (Å²) in [6.07, 6.45) is 1.65. The van der Waals surface area contributed by atoms with Gasteiger partial charge in [-0.2, -0.15) is 0 Å². The number of aliphatic hydroxyl groups excluding tert-OH is 1. The van der Waals surface area contributed by atoms with Gasteiger partial charge in [0.2, 0.25) is 0 Å². The predicted octanol–water partition coefficient (Wildman–Crippen LogP) is 3.67. The van der Waals surface area contributed by atoms with Gasteiger partial charge in [0, 0.05) is 48.3 Å². The molecule has 0 amide bonds. The molecule has 2 heterocycles. The first-order valence-corrected chi connectivity index (χ1v) is 10.4. The Bertz CT molecular complexity index is 905. The summed E-state index contributed by atoms with van der Waals surface area (Å²) >= 11 is 0. The average Bonchev–Trinajstić information content (AvgIpc) is 3.09. The largest absolute Gasteiger partial charge is 0.390 e. The van der Waals surface area contributed by atoms with Gasteiger partial charge in [0.1, 0.15) is 0 Å². The summed E-state index contributed by atoms with van der Waals surface area (Å²) in [6, 6.07) is 19.7. The van der Waals surface area contributed by atoms with Gasteiger partial charge in [-0.15, -0.1) is 0 Å². The number of H-pyrrole nitrogens is 1. The topological polar surface area (TPSA) is 51.3 Å². The quantitative estimate of drug-likeness (QED) is 0.589. The maximum absolute atomic E-state index is 10.6. The summed E-state index contributed by atoms with van der Waals surface area (Å²) in [7, 11) is 0. The number of hydrogen-bond acceptors (Lipinski definition) is 3. The van der Waals surface area contributed by atoms with Gasteiger partial charge in [-0.05, 0) is 43.9 Å². The summed E-state index contributed by atoms with van der Waals surface area (Å²) in [5, 5.41) is 15.4. The molecule has 3 atom stereocenters. The molecule has 4 nitrogen and oxygen atoms in total. The van der Waals surface area contributed by atoms with Crippen LogP contribution in [0.4, 0.5) is 0 Å². The van der Waals surface area contributed by atoms with Crippen LogP contribution in [0.2, 0.25) is 0 Å². The Kier molecular flexibility index (Phi) is 5.81. The van der Waals surface area contributed by atoms with Crippen molar-refractivity contribution in [1.29, 1.82) is 0 Å². The lowest BCUT2D eigenvalue weighted by Crippen LogP contribution is -2.44. The van der Waals surface area contributed by atoms with Crippen LogP contribution >= 0.6 is 0 Å². The van der Waals surface area contributed by atoms with Crippen LogP contribution in [0.15, 0.2) is 54.6 Å². The van der Waals surface area contributed by atoms with E-state index >= 15 is 0 Å². The van der Waals surface area contributed by atoms with Gasteiger partial charge >= 0.3 is 0 Å². The van der Waals surface area contributed by atoms with Crippen molar-refractivity contribution in [3.63, 3.8) is 0 Å². The highest BCUT2D eigenvalue weighted by molar-refractivity contribution is 5.85.